The van der Waals surface area contributed by atoms with E-state index in [-0.39, 0.29) is 22.5 Å². The molecule has 2 heterocycles. The van der Waals surface area contributed by atoms with Gasteiger partial charge in [0.15, 0.2) is 0 Å². The molecule has 0 saturated carbocycles. The first kappa shape index (κ1) is 14.0. The van der Waals surface area contributed by atoms with E-state index in [0.29, 0.717) is 17.6 Å². The van der Waals surface area contributed by atoms with Crippen molar-refractivity contribution in [2.24, 2.45) is 5.92 Å². The lowest BCUT2D eigenvalue weighted by molar-refractivity contribution is -0.384. The van der Waals surface area contributed by atoms with Crippen LogP contribution in [-0.2, 0) is 9.84 Å². The quantitative estimate of drug-likeness (QED) is 0.638. The SMILES string of the molecule is O=[N+]([O-])c1ccc2nc(S(=O)(=O)C[C@H]3CCNC3)[nH]c2c1. The van der Waals surface area contributed by atoms with Crippen LogP contribution < -0.4 is 5.32 Å². The minimum Gasteiger partial charge on any atom is -0.329 e. The normalized spacial score (nSPS) is 19.1. The van der Waals surface area contributed by atoms with E-state index < -0.39 is 14.8 Å². The maximum absolute atomic E-state index is 12.3. The number of aromatic amines is 1. The van der Waals surface area contributed by atoms with Crippen molar-refractivity contribution in [1.29, 1.82) is 0 Å². The number of aromatic nitrogens is 2. The van der Waals surface area contributed by atoms with Gasteiger partial charge in [0.2, 0.25) is 15.0 Å². The molecule has 0 amide bonds. The Kier molecular flexibility index (Phi) is 3.38. The highest BCUT2D eigenvalue weighted by Gasteiger charge is 2.26. The molecule has 21 heavy (non-hydrogen) atoms. The van der Waals surface area contributed by atoms with Crippen molar-refractivity contribution in [2.45, 2.75) is 11.6 Å². The Labute approximate surface area is 120 Å². The first-order valence-corrected chi connectivity index (χ1v) is 8.18. The molecule has 3 rings (SSSR count). The molecular weight excluding hydrogens is 296 g/mol. The number of nitro benzene ring substituents is 1. The number of benzene rings is 1. The number of hydrogen-bond acceptors (Lipinski definition) is 6. The van der Waals surface area contributed by atoms with Crippen LogP contribution in [0.2, 0.25) is 0 Å². The standard InChI is InChI=1S/C12H14N4O4S/c17-16(18)9-1-2-10-11(5-9)15-12(14-10)21(19,20)7-8-3-4-13-6-8/h1-2,5,8,13H,3-4,6-7H2,(H,14,15)/t8-/m0/s1. The van der Waals surface area contributed by atoms with Gasteiger partial charge >= 0.3 is 0 Å². The van der Waals surface area contributed by atoms with Crippen LogP contribution in [0.4, 0.5) is 5.69 Å². The highest BCUT2D eigenvalue weighted by atomic mass is 32.2. The maximum atomic E-state index is 12.3. The van der Waals surface area contributed by atoms with Crippen LogP contribution >= 0.6 is 0 Å². The third-order valence-electron chi connectivity index (χ3n) is 3.57. The molecule has 0 spiro atoms. The number of nitrogens with one attached hydrogen (secondary N) is 2. The van der Waals surface area contributed by atoms with Crippen molar-refractivity contribution in [1.82, 2.24) is 15.3 Å². The van der Waals surface area contributed by atoms with Gasteiger partial charge in [-0.15, -0.1) is 0 Å². The number of nitrogens with zero attached hydrogens (tertiary/aromatic N) is 2. The average Bonchev–Trinajstić information content (AvgIpc) is 3.05. The Balaban J connectivity index is 1.94. The summed E-state index contributed by atoms with van der Waals surface area (Å²) in [5.41, 5.74) is 0.658. The predicted octanol–water partition coefficient (Wildman–Crippen LogP) is 0.854. The van der Waals surface area contributed by atoms with Crippen molar-refractivity contribution >= 4 is 26.6 Å². The third-order valence-corrected chi connectivity index (χ3v) is 5.26. The van der Waals surface area contributed by atoms with Crippen molar-refractivity contribution in [3.05, 3.63) is 28.3 Å². The first-order valence-electron chi connectivity index (χ1n) is 6.53. The van der Waals surface area contributed by atoms with Gasteiger partial charge in [0.1, 0.15) is 0 Å². The van der Waals surface area contributed by atoms with E-state index in [0.717, 1.165) is 13.0 Å². The van der Waals surface area contributed by atoms with Crippen molar-refractivity contribution in [3.8, 4) is 0 Å². The van der Waals surface area contributed by atoms with E-state index in [1.165, 1.54) is 18.2 Å². The Bertz CT molecular complexity index is 793. The smallest absolute Gasteiger partial charge is 0.271 e. The second-order valence-electron chi connectivity index (χ2n) is 5.14. The van der Waals surface area contributed by atoms with Gasteiger partial charge in [-0.05, 0) is 31.5 Å². The summed E-state index contributed by atoms with van der Waals surface area (Å²) in [7, 11) is -3.52. The van der Waals surface area contributed by atoms with Gasteiger partial charge in [-0.1, -0.05) is 0 Å². The lowest BCUT2D eigenvalue weighted by Crippen LogP contribution is -2.19. The van der Waals surface area contributed by atoms with E-state index in [9.17, 15) is 18.5 Å². The zero-order valence-corrected chi connectivity index (χ0v) is 11.9. The molecule has 1 aliphatic heterocycles. The second-order valence-corrected chi connectivity index (χ2v) is 7.09. The van der Waals surface area contributed by atoms with Crippen molar-refractivity contribution in [3.63, 3.8) is 0 Å². The summed E-state index contributed by atoms with van der Waals surface area (Å²) in [4.78, 5) is 16.9. The third kappa shape index (κ3) is 2.74. The Morgan fingerprint density at radius 2 is 2.24 bits per heavy atom. The Morgan fingerprint density at radius 1 is 1.43 bits per heavy atom. The molecule has 2 aromatic rings. The summed E-state index contributed by atoms with van der Waals surface area (Å²) in [5, 5.41) is 13.7. The van der Waals surface area contributed by atoms with Crippen LogP contribution in [0.25, 0.3) is 11.0 Å². The van der Waals surface area contributed by atoms with E-state index in [1.807, 2.05) is 0 Å². The van der Waals surface area contributed by atoms with Crippen LogP contribution in [0, 0.1) is 16.0 Å². The number of H-pyrrole nitrogens is 1. The lowest BCUT2D eigenvalue weighted by Gasteiger charge is -2.06. The monoisotopic (exact) mass is 310 g/mol. The summed E-state index contributed by atoms with van der Waals surface area (Å²) in [5.74, 6) is 0.111. The summed E-state index contributed by atoms with van der Waals surface area (Å²) >= 11 is 0. The Morgan fingerprint density at radius 3 is 2.90 bits per heavy atom. The van der Waals surface area contributed by atoms with Crippen LogP contribution in [0.15, 0.2) is 23.4 Å². The molecule has 1 aromatic heterocycles. The lowest BCUT2D eigenvalue weighted by atomic mass is 10.2. The molecule has 2 N–H and O–H groups in total. The summed E-state index contributed by atoms with van der Waals surface area (Å²) in [6, 6.07) is 4.04. The maximum Gasteiger partial charge on any atom is 0.271 e. The summed E-state index contributed by atoms with van der Waals surface area (Å²) < 4.78 is 24.6. The first-order chi connectivity index (χ1) is 9.95. The summed E-state index contributed by atoms with van der Waals surface area (Å²) in [6.45, 7) is 1.51. The average molecular weight is 310 g/mol. The fraction of sp³-hybridized carbons (Fsp3) is 0.417. The fourth-order valence-corrected chi connectivity index (χ4v) is 4.05. The molecule has 1 fully saturated rings. The molecule has 0 aliphatic carbocycles. The highest BCUT2D eigenvalue weighted by molar-refractivity contribution is 7.91. The zero-order chi connectivity index (χ0) is 15.0. The zero-order valence-electron chi connectivity index (χ0n) is 11.1. The predicted molar refractivity (Wildman–Crippen MR) is 75.8 cm³/mol. The molecule has 0 unspecified atom stereocenters. The molecule has 0 bridgehead atoms. The number of sulfone groups is 1. The van der Waals surface area contributed by atoms with Gasteiger partial charge in [0, 0.05) is 12.1 Å². The van der Waals surface area contributed by atoms with Crippen LogP contribution in [0.5, 0.6) is 0 Å². The molecule has 1 aromatic carbocycles. The number of nitro groups is 1. The van der Waals surface area contributed by atoms with Crippen LogP contribution in [-0.4, -0.2) is 42.2 Å². The van der Waals surface area contributed by atoms with Crippen molar-refractivity contribution < 1.29 is 13.3 Å². The molecule has 112 valence electrons. The highest BCUT2D eigenvalue weighted by Crippen LogP contribution is 2.22. The number of rotatable bonds is 4. The fourth-order valence-electron chi connectivity index (χ4n) is 2.48. The minimum absolute atomic E-state index is 0.0297. The van der Waals surface area contributed by atoms with E-state index in [4.69, 9.17) is 0 Å². The van der Waals surface area contributed by atoms with E-state index in [1.54, 1.807) is 0 Å². The van der Waals surface area contributed by atoms with Gasteiger partial charge in [0.05, 0.1) is 21.7 Å². The van der Waals surface area contributed by atoms with Crippen LogP contribution in [0.3, 0.4) is 0 Å². The van der Waals surface area contributed by atoms with Gasteiger partial charge < -0.3 is 10.3 Å². The molecule has 1 saturated heterocycles. The molecular formula is C12H14N4O4S. The molecule has 0 radical (unpaired) electrons. The topological polar surface area (TPSA) is 118 Å². The number of fused-ring (bicyclic) bond motifs is 1. The Hall–Kier alpha value is -2.00. The number of non-ortho nitro benzene ring substituents is 1. The van der Waals surface area contributed by atoms with E-state index in [2.05, 4.69) is 15.3 Å². The molecule has 1 aliphatic rings. The van der Waals surface area contributed by atoms with Crippen LogP contribution in [0.1, 0.15) is 6.42 Å². The van der Waals surface area contributed by atoms with Gasteiger partial charge in [0.25, 0.3) is 5.69 Å². The number of imidazole rings is 1. The molecule has 8 nitrogen and oxygen atoms in total. The minimum atomic E-state index is -3.52. The van der Waals surface area contributed by atoms with E-state index >= 15 is 0 Å². The second kappa shape index (κ2) is 5.08. The van der Waals surface area contributed by atoms with Gasteiger partial charge in [-0.3, -0.25) is 10.1 Å². The largest absolute Gasteiger partial charge is 0.329 e. The van der Waals surface area contributed by atoms with Gasteiger partial charge in [-0.25, -0.2) is 13.4 Å². The van der Waals surface area contributed by atoms with Gasteiger partial charge in [-0.2, -0.15) is 0 Å². The summed E-state index contributed by atoms with van der Waals surface area (Å²) in [6.07, 6.45) is 0.824. The molecule has 1 atom stereocenters. The number of hydrogen-bond donors (Lipinski definition) is 2. The molecule has 9 heteroatoms. The van der Waals surface area contributed by atoms with Crippen molar-refractivity contribution in [2.75, 3.05) is 18.8 Å².